The molecule has 10 heteroatoms. The highest BCUT2D eigenvalue weighted by atomic mass is 35.5. The average molecular weight is 445 g/mol. The van der Waals surface area contributed by atoms with Gasteiger partial charge in [-0.2, -0.15) is 5.10 Å². The number of halogens is 2. The van der Waals surface area contributed by atoms with Crippen molar-refractivity contribution in [2.75, 3.05) is 11.1 Å². The highest BCUT2D eigenvalue weighted by molar-refractivity contribution is 7.99. The van der Waals surface area contributed by atoms with Gasteiger partial charge in [-0.25, -0.2) is 14.6 Å². The molecule has 0 unspecified atom stereocenters. The molecule has 0 aliphatic heterocycles. The Kier molecular flexibility index (Phi) is 5.84. The van der Waals surface area contributed by atoms with Gasteiger partial charge in [-0.15, -0.1) is 0 Å². The zero-order valence-electron chi connectivity index (χ0n) is 14.9. The van der Waals surface area contributed by atoms with Crippen molar-refractivity contribution in [1.29, 1.82) is 0 Å². The fourth-order valence-electron chi connectivity index (χ4n) is 2.65. The number of rotatable bonds is 6. The lowest BCUT2D eigenvalue weighted by Crippen LogP contribution is -2.16. The van der Waals surface area contributed by atoms with E-state index >= 15 is 0 Å². The molecule has 0 saturated carbocycles. The van der Waals surface area contributed by atoms with Crippen molar-refractivity contribution in [1.82, 2.24) is 24.3 Å². The van der Waals surface area contributed by atoms with Crippen molar-refractivity contribution in [2.24, 2.45) is 0 Å². The van der Waals surface area contributed by atoms with Gasteiger partial charge in [0, 0.05) is 28.1 Å². The number of carbonyl (C=O) groups excluding carboxylic acids is 1. The summed E-state index contributed by atoms with van der Waals surface area (Å²) in [6.07, 6.45) is 6.50. The number of nitrogens with zero attached hydrogens (tertiary/aromatic N) is 5. The molecule has 0 atom stereocenters. The highest BCUT2D eigenvalue weighted by Crippen LogP contribution is 2.25. The Morgan fingerprint density at radius 1 is 1.10 bits per heavy atom. The summed E-state index contributed by atoms with van der Waals surface area (Å²) in [7, 11) is 0. The second-order valence-corrected chi connectivity index (χ2v) is 7.71. The minimum atomic E-state index is -0.190. The molecule has 1 amide bonds. The lowest BCUT2D eigenvalue weighted by Gasteiger charge is -2.12. The van der Waals surface area contributed by atoms with Crippen molar-refractivity contribution in [3.8, 4) is 11.4 Å². The van der Waals surface area contributed by atoms with Crippen LogP contribution in [0.3, 0.4) is 0 Å². The lowest BCUT2D eigenvalue weighted by molar-refractivity contribution is -0.113. The average Bonchev–Trinajstić information content (AvgIpc) is 3.39. The first-order valence-electron chi connectivity index (χ1n) is 8.46. The molecule has 0 aliphatic carbocycles. The molecule has 0 fully saturated rings. The molecule has 0 aliphatic rings. The number of aromatic nitrogens is 5. The predicted octanol–water partition coefficient (Wildman–Crippen LogP) is 4.49. The van der Waals surface area contributed by atoms with E-state index in [0.29, 0.717) is 26.6 Å². The third-order valence-corrected chi connectivity index (χ3v) is 5.40. The van der Waals surface area contributed by atoms with E-state index in [1.807, 2.05) is 35.0 Å². The number of benzene rings is 2. The number of imidazole rings is 1. The van der Waals surface area contributed by atoms with Crippen molar-refractivity contribution >= 4 is 46.6 Å². The van der Waals surface area contributed by atoms with Gasteiger partial charge >= 0.3 is 0 Å². The van der Waals surface area contributed by atoms with Crippen LogP contribution >= 0.6 is 35.0 Å². The van der Waals surface area contributed by atoms with Crippen molar-refractivity contribution in [3.05, 3.63) is 77.6 Å². The predicted molar refractivity (Wildman–Crippen MR) is 114 cm³/mol. The molecule has 4 rings (SSSR count). The Labute approximate surface area is 180 Å². The smallest absolute Gasteiger partial charge is 0.234 e. The molecule has 2 aromatic carbocycles. The minimum absolute atomic E-state index is 0.175. The maximum absolute atomic E-state index is 12.6. The molecule has 7 nitrogen and oxygen atoms in total. The topological polar surface area (TPSA) is 77.6 Å². The van der Waals surface area contributed by atoms with Crippen LogP contribution in [0, 0.1) is 0 Å². The second kappa shape index (κ2) is 8.69. The first-order chi connectivity index (χ1) is 14.1. The number of nitrogens with one attached hydrogen (secondary N) is 1. The first kappa shape index (κ1) is 19.5. The molecule has 4 aromatic rings. The number of anilines is 1. The molecule has 146 valence electrons. The maximum Gasteiger partial charge on any atom is 0.234 e. The Bertz CT molecular complexity index is 1130. The minimum Gasteiger partial charge on any atom is -0.323 e. The lowest BCUT2D eigenvalue weighted by atomic mass is 10.2. The van der Waals surface area contributed by atoms with E-state index in [2.05, 4.69) is 20.4 Å². The molecule has 2 aromatic heterocycles. The SMILES string of the molecule is O=C(CSc1nccn1-c1ccc(Cl)cc1)Nc1cc(Cl)ccc1-n1cncn1. The molecule has 29 heavy (non-hydrogen) atoms. The van der Waals surface area contributed by atoms with Gasteiger partial charge in [-0.05, 0) is 42.5 Å². The highest BCUT2D eigenvalue weighted by Gasteiger charge is 2.13. The molecule has 2 heterocycles. The van der Waals surface area contributed by atoms with Gasteiger partial charge in [0.05, 0.1) is 17.1 Å². The summed E-state index contributed by atoms with van der Waals surface area (Å²) in [5.41, 5.74) is 2.14. The van der Waals surface area contributed by atoms with Gasteiger partial charge in [0.15, 0.2) is 5.16 Å². The van der Waals surface area contributed by atoms with Gasteiger partial charge in [-0.1, -0.05) is 35.0 Å². The summed E-state index contributed by atoms with van der Waals surface area (Å²) in [4.78, 5) is 20.8. The second-order valence-electron chi connectivity index (χ2n) is 5.89. The molecule has 0 radical (unpaired) electrons. The quantitative estimate of drug-likeness (QED) is 0.443. The Balaban J connectivity index is 1.47. The van der Waals surface area contributed by atoms with Gasteiger partial charge < -0.3 is 5.32 Å². The fourth-order valence-corrected chi connectivity index (χ4v) is 3.72. The van der Waals surface area contributed by atoms with Crippen molar-refractivity contribution < 1.29 is 4.79 Å². The summed E-state index contributed by atoms with van der Waals surface area (Å²) in [5, 5.41) is 8.85. The van der Waals surface area contributed by atoms with Crippen LogP contribution in [0.5, 0.6) is 0 Å². The van der Waals surface area contributed by atoms with Crippen LogP contribution in [0.1, 0.15) is 0 Å². The standard InChI is InChI=1S/C19H14Cl2N6OS/c20-13-1-4-15(5-2-13)26-8-7-23-19(26)29-10-18(28)25-16-9-14(21)3-6-17(16)27-12-22-11-24-27/h1-9,11-12H,10H2,(H,25,28). The van der Waals surface area contributed by atoms with E-state index < -0.39 is 0 Å². The summed E-state index contributed by atoms with van der Waals surface area (Å²) >= 11 is 13.4. The normalized spacial score (nSPS) is 10.8. The van der Waals surface area contributed by atoms with Gasteiger partial charge in [0.2, 0.25) is 5.91 Å². The summed E-state index contributed by atoms with van der Waals surface area (Å²) < 4.78 is 3.46. The maximum atomic E-state index is 12.6. The monoisotopic (exact) mass is 444 g/mol. The van der Waals surface area contributed by atoms with Crippen molar-refractivity contribution in [3.63, 3.8) is 0 Å². The third-order valence-electron chi connectivity index (χ3n) is 3.94. The van der Waals surface area contributed by atoms with Gasteiger partial charge in [-0.3, -0.25) is 9.36 Å². The van der Waals surface area contributed by atoms with Crippen LogP contribution in [-0.4, -0.2) is 36.0 Å². The summed E-state index contributed by atoms with van der Waals surface area (Å²) in [6.45, 7) is 0. The van der Waals surface area contributed by atoms with E-state index in [-0.39, 0.29) is 11.7 Å². The van der Waals surface area contributed by atoms with E-state index in [9.17, 15) is 4.79 Å². The number of carbonyl (C=O) groups is 1. The van der Waals surface area contributed by atoms with E-state index in [1.54, 1.807) is 35.4 Å². The van der Waals surface area contributed by atoms with E-state index in [0.717, 1.165) is 5.69 Å². The van der Waals surface area contributed by atoms with Crippen LogP contribution in [-0.2, 0) is 4.79 Å². The number of thioether (sulfide) groups is 1. The van der Waals surface area contributed by atoms with Crippen LogP contribution in [0.4, 0.5) is 5.69 Å². The fraction of sp³-hybridized carbons (Fsp3) is 0.0526. The van der Waals surface area contributed by atoms with Crippen LogP contribution in [0.2, 0.25) is 10.0 Å². The number of amides is 1. The van der Waals surface area contributed by atoms with E-state index in [4.69, 9.17) is 23.2 Å². The van der Waals surface area contributed by atoms with Crippen molar-refractivity contribution in [2.45, 2.75) is 5.16 Å². The van der Waals surface area contributed by atoms with Crippen LogP contribution in [0.25, 0.3) is 11.4 Å². The first-order valence-corrected chi connectivity index (χ1v) is 10.2. The Hall–Kier alpha value is -2.81. The molecule has 0 spiro atoms. The molecular formula is C19H14Cl2N6OS. The van der Waals surface area contributed by atoms with Crippen LogP contribution < -0.4 is 5.32 Å². The Morgan fingerprint density at radius 2 is 1.90 bits per heavy atom. The molecule has 0 bridgehead atoms. The van der Waals surface area contributed by atoms with E-state index in [1.165, 1.54) is 18.1 Å². The number of hydrogen-bond acceptors (Lipinski definition) is 5. The molecular weight excluding hydrogens is 431 g/mol. The van der Waals surface area contributed by atoms with Crippen LogP contribution in [0.15, 0.2) is 72.7 Å². The summed E-state index contributed by atoms with van der Waals surface area (Å²) in [6, 6.07) is 12.6. The summed E-state index contributed by atoms with van der Waals surface area (Å²) in [5.74, 6) is -0.0160. The molecule has 1 N–H and O–H groups in total. The zero-order valence-corrected chi connectivity index (χ0v) is 17.2. The Morgan fingerprint density at radius 3 is 2.66 bits per heavy atom. The molecule has 0 saturated heterocycles. The third kappa shape index (κ3) is 4.61. The van der Waals surface area contributed by atoms with Gasteiger partial charge in [0.25, 0.3) is 0 Å². The largest absolute Gasteiger partial charge is 0.323 e. The zero-order chi connectivity index (χ0) is 20.2. The number of hydrogen-bond donors (Lipinski definition) is 1. The van der Waals surface area contributed by atoms with Gasteiger partial charge in [0.1, 0.15) is 12.7 Å².